The summed E-state index contributed by atoms with van der Waals surface area (Å²) >= 11 is 5.77. The second-order valence-electron chi connectivity index (χ2n) is 4.91. The number of carbonyl (C=O) groups is 2. The molecule has 0 atom stereocenters. The number of hydrogen-bond donors (Lipinski definition) is 3. The summed E-state index contributed by atoms with van der Waals surface area (Å²) in [7, 11) is 1.42. The van der Waals surface area contributed by atoms with Crippen molar-refractivity contribution in [1.29, 1.82) is 0 Å². The number of carbonyl (C=O) groups excluding carboxylic acids is 2. The van der Waals surface area contributed by atoms with Gasteiger partial charge in [-0.05, 0) is 29.8 Å². The normalized spacial score (nSPS) is 10.5. The quantitative estimate of drug-likeness (QED) is 0.429. The van der Waals surface area contributed by atoms with E-state index in [4.69, 9.17) is 16.3 Å². The molecule has 0 spiro atoms. The number of hydrogen-bond acceptors (Lipinski definition) is 5. The van der Waals surface area contributed by atoms with Crippen LogP contribution in [-0.2, 0) is 16.1 Å². The zero-order chi connectivity index (χ0) is 18.2. The molecular formula is C17H16ClN3O4. The highest BCUT2D eigenvalue weighted by Gasteiger charge is 2.12. The molecule has 3 N–H and O–H groups in total. The number of hydrazone groups is 1. The van der Waals surface area contributed by atoms with Crippen LogP contribution in [0, 0.1) is 0 Å². The van der Waals surface area contributed by atoms with Crippen molar-refractivity contribution >= 4 is 29.6 Å². The Morgan fingerprint density at radius 1 is 1.20 bits per heavy atom. The Bertz CT molecular complexity index is 791. The lowest BCUT2D eigenvalue weighted by atomic mass is 10.2. The molecule has 2 aromatic rings. The van der Waals surface area contributed by atoms with Gasteiger partial charge in [-0.25, -0.2) is 5.43 Å². The van der Waals surface area contributed by atoms with E-state index < -0.39 is 11.8 Å². The van der Waals surface area contributed by atoms with E-state index in [0.717, 1.165) is 5.56 Å². The van der Waals surface area contributed by atoms with Gasteiger partial charge in [0.25, 0.3) is 0 Å². The Labute approximate surface area is 149 Å². The summed E-state index contributed by atoms with van der Waals surface area (Å²) in [5.41, 5.74) is 3.22. The zero-order valence-electron chi connectivity index (χ0n) is 13.3. The van der Waals surface area contributed by atoms with Crippen LogP contribution in [0.3, 0.4) is 0 Å². The number of rotatable bonds is 5. The second-order valence-corrected chi connectivity index (χ2v) is 5.34. The molecule has 0 saturated heterocycles. The number of nitrogens with one attached hydrogen (secondary N) is 2. The largest absolute Gasteiger partial charge is 0.504 e. The maximum atomic E-state index is 11.7. The van der Waals surface area contributed by atoms with Crippen LogP contribution in [-0.4, -0.2) is 30.2 Å². The van der Waals surface area contributed by atoms with Crippen LogP contribution in [0.1, 0.15) is 11.1 Å². The van der Waals surface area contributed by atoms with Crippen LogP contribution in [0.5, 0.6) is 11.5 Å². The number of methoxy groups -OCH3 is 1. The molecule has 0 bridgehead atoms. The highest BCUT2D eigenvalue weighted by molar-refractivity contribution is 6.35. The molecule has 0 aliphatic heterocycles. The number of phenols is 1. The van der Waals surface area contributed by atoms with Gasteiger partial charge in [0.1, 0.15) is 0 Å². The number of halogens is 1. The van der Waals surface area contributed by atoms with Crippen molar-refractivity contribution < 1.29 is 19.4 Å². The van der Waals surface area contributed by atoms with Crippen molar-refractivity contribution in [2.24, 2.45) is 5.10 Å². The molecule has 0 heterocycles. The Morgan fingerprint density at radius 3 is 2.60 bits per heavy atom. The van der Waals surface area contributed by atoms with Gasteiger partial charge in [0.05, 0.1) is 13.3 Å². The first-order valence-corrected chi connectivity index (χ1v) is 7.60. The predicted molar refractivity (Wildman–Crippen MR) is 93.7 cm³/mol. The molecule has 0 aliphatic rings. The van der Waals surface area contributed by atoms with Gasteiger partial charge in [0, 0.05) is 17.1 Å². The number of aromatic hydroxyl groups is 1. The fourth-order valence-electron chi connectivity index (χ4n) is 1.88. The van der Waals surface area contributed by atoms with Crippen LogP contribution < -0.4 is 15.5 Å². The first-order chi connectivity index (χ1) is 12.0. The number of amides is 2. The van der Waals surface area contributed by atoms with Gasteiger partial charge in [-0.3, -0.25) is 9.59 Å². The molecule has 25 heavy (non-hydrogen) atoms. The van der Waals surface area contributed by atoms with E-state index in [1.54, 1.807) is 42.5 Å². The van der Waals surface area contributed by atoms with E-state index in [0.29, 0.717) is 10.6 Å². The van der Waals surface area contributed by atoms with E-state index in [1.165, 1.54) is 13.3 Å². The molecule has 0 fully saturated rings. The molecule has 7 nitrogen and oxygen atoms in total. The summed E-state index contributed by atoms with van der Waals surface area (Å²) in [4.78, 5) is 23.4. The van der Waals surface area contributed by atoms with Gasteiger partial charge < -0.3 is 15.2 Å². The average molecular weight is 362 g/mol. The summed E-state index contributed by atoms with van der Waals surface area (Å²) in [6.07, 6.45) is 1.21. The zero-order valence-corrected chi connectivity index (χ0v) is 14.1. The summed E-state index contributed by atoms with van der Waals surface area (Å²) in [6, 6.07) is 11.7. The SMILES string of the molecule is COc1cccc(/C=N/NC(=O)C(=O)NCc2ccc(Cl)cc2)c1O. The van der Waals surface area contributed by atoms with Crippen molar-refractivity contribution in [3.63, 3.8) is 0 Å². The van der Waals surface area contributed by atoms with Crippen LogP contribution in [0.2, 0.25) is 5.02 Å². The van der Waals surface area contributed by atoms with Crippen LogP contribution in [0.15, 0.2) is 47.6 Å². The smallest absolute Gasteiger partial charge is 0.329 e. The second kappa shape index (κ2) is 8.70. The van der Waals surface area contributed by atoms with E-state index in [2.05, 4.69) is 15.8 Å². The van der Waals surface area contributed by atoms with Gasteiger partial charge in [0.15, 0.2) is 11.5 Å². The Balaban J connectivity index is 1.87. The molecular weight excluding hydrogens is 346 g/mol. The fourth-order valence-corrected chi connectivity index (χ4v) is 2.01. The highest BCUT2D eigenvalue weighted by atomic mass is 35.5. The maximum absolute atomic E-state index is 11.7. The molecule has 2 aromatic carbocycles. The van der Waals surface area contributed by atoms with Crippen molar-refractivity contribution in [3.8, 4) is 11.5 Å². The lowest BCUT2D eigenvalue weighted by Gasteiger charge is -2.05. The molecule has 2 rings (SSSR count). The average Bonchev–Trinajstić information content (AvgIpc) is 2.62. The summed E-state index contributed by atoms with van der Waals surface area (Å²) in [5.74, 6) is -1.60. The van der Waals surface area contributed by atoms with E-state index in [-0.39, 0.29) is 18.0 Å². The maximum Gasteiger partial charge on any atom is 0.329 e. The van der Waals surface area contributed by atoms with Gasteiger partial charge >= 0.3 is 11.8 Å². The Hall–Kier alpha value is -3.06. The number of nitrogens with zero attached hydrogens (tertiary/aromatic N) is 1. The monoisotopic (exact) mass is 361 g/mol. The first kappa shape index (κ1) is 18.3. The van der Waals surface area contributed by atoms with Crippen LogP contribution in [0.4, 0.5) is 0 Å². The number of benzene rings is 2. The highest BCUT2D eigenvalue weighted by Crippen LogP contribution is 2.27. The first-order valence-electron chi connectivity index (χ1n) is 7.23. The van der Waals surface area contributed by atoms with E-state index >= 15 is 0 Å². The molecule has 0 aliphatic carbocycles. The van der Waals surface area contributed by atoms with Crippen molar-refractivity contribution in [2.45, 2.75) is 6.54 Å². The van der Waals surface area contributed by atoms with Gasteiger partial charge in [-0.1, -0.05) is 29.8 Å². The number of para-hydroxylation sites is 1. The third-order valence-electron chi connectivity index (χ3n) is 3.19. The molecule has 8 heteroatoms. The lowest BCUT2D eigenvalue weighted by molar-refractivity contribution is -0.139. The van der Waals surface area contributed by atoms with Crippen molar-refractivity contribution in [3.05, 3.63) is 58.6 Å². The molecule has 0 aromatic heterocycles. The van der Waals surface area contributed by atoms with Gasteiger partial charge in [0.2, 0.25) is 0 Å². The minimum atomic E-state index is -0.924. The molecule has 130 valence electrons. The van der Waals surface area contributed by atoms with Crippen LogP contribution in [0.25, 0.3) is 0 Å². The Kier molecular flexibility index (Phi) is 6.36. The Morgan fingerprint density at radius 2 is 1.92 bits per heavy atom. The third-order valence-corrected chi connectivity index (χ3v) is 3.44. The number of ether oxygens (including phenoxy) is 1. The van der Waals surface area contributed by atoms with Gasteiger partial charge in [-0.2, -0.15) is 5.10 Å². The molecule has 0 saturated carbocycles. The number of phenolic OH excluding ortho intramolecular Hbond substituents is 1. The van der Waals surface area contributed by atoms with E-state index in [9.17, 15) is 14.7 Å². The minimum Gasteiger partial charge on any atom is -0.504 e. The molecule has 0 radical (unpaired) electrons. The topological polar surface area (TPSA) is 100 Å². The van der Waals surface area contributed by atoms with Gasteiger partial charge in [-0.15, -0.1) is 0 Å². The summed E-state index contributed by atoms with van der Waals surface area (Å²) < 4.78 is 4.96. The van der Waals surface area contributed by atoms with Crippen molar-refractivity contribution in [1.82, 2.24) is 10.7 Å². The summed E-state index contributed by atoms with van der Waals surface area (Å²) in [5, 5.41) is 16.6. The third kappa shape index (κ3) is 5.22. The van der Waals surface area contributed by atoms with E-state index in [1.807, 2.05) is 0 Å². The fraction of sp³-hybridized carbons (Fsp3) is 0.118. The van der Waals surface area contributed by atoms with Crippen molar-refractivity contribution in [2.75, 3.05) is 7.11 Å². The molecule has 2 amide bonds. The lowest BCUT2D eigenvalue weighted by Crippen LogP contribution is -2.37. The standard InChI is InChI=1S/C17H16ClN3O4/c1-25-14-4-2-3-12(15(14)22)10-20-21-17(24)16(23)19-9-11-5-7-13(18)8-6-11/h2-8,10,22H,9H2,1H3,(H,19,23)(H,21,24)/b20-10+. The minimum absolute atomic E-state index is 0.116. The molecule has 0 unspecified atom stereocenters. The van der Waals surface area contributed by atoms with Crippen LogP contribution >= 0.6 is 11.6 Å². The summed E-state index contributed by atoms with van der Waals surface area (Å²) in [6.45, 7) is 0.184. The predicted octanol–water partition coefficient (Wildman–Crippen LogP) is 1.82.